The highest BCUT2D eigenvalue weighted by Gasteiger charge is 2.15. The fourth-order valence-corrected chi connectivity index (χ4v) is 3.04. The highest BCUT2D eigenvalue weighted by atomic mass is 79.9. The number of nitro benzene ring substituents is 1. The summed E-state index contributed by atoms with van der Waals surface area (Å²) in [6.07, 6.45) is 1.57. The van der Waals surface area contributed by atoms with Crippen molar-refractivity contribution >= 4 is 50.7 Å². The van der Waals surface area contributed by atoms with Gasteiger partial charge >= 0.3 is 5.97 Å². The third-order valence-electron chi connectivity index (χ3n) is 3.81. The predicted octanol–water partition coefficient (Wildman–Crippen LogP) is 2.49. The van der Waals surface area contributed by atoms with Crippen LogP contribution in [0.2, 0.25) is 5.02 Å². The summed E-state index contributed by atoms with van der Waals surface area (Å²) in [5.41, 5.74) is -0.142. The van der Waals surface area contributed by atoms with E-state index < -0.39 is 23.3 Å². The van der Waals surface area contributed by atoms with Crippen LogP contribution in [0.25, 0.3) is 5.65 Å². The minimum absolute atomic E-state index is 0.0117. The summed E-state index contributed by atoms with van der Waals surface area (Å²) in [5, 5.41) is 13.1. The first-order chi connectivity index (χ1) is 14.2. The van der Waals surface area contributed by atoms with Gasteiger partial charge in [0.25, 0.3) is 17.2 Å². The molecule has 2 aromatic heterocycles. The summed E-state index contributed by atoms with van der Waals surface area (Å²) >= 11 is 9.03. The van der Waals surface area contributed by atoms with Gasteiger partial charge in [-0.3, -0.25) is 28.9 Å². The molecule has 3 rings (SSSR count). The molecule has 0 spiro atoms. The average molecular weight is 496 g/mol. The standard InChI is InChI=1S/C18H12BrClN4O6/c19-11-1-2-15-22-13(6-16(25)23(15)8-11)9-30-17(26)7-21-18(27)10-3-12(20)5-14(4-10)24(28)29/h1-6,8H,7,9H2,(H,21,27). The number of benzene rings is 1. The normalized spacial score (nSPS) is 10.6. The Morgan fingerprint density at radius 2 is 2.03 bits per heavy atom. The molecule has 0 fully saturated rings. The number of hydrogen-bond donors (Lipinski definition) is 1. The first kappa shape index (κ1) is 21.4. The highest BCUT2D eigenvalue weighted by molar-refractivity contribution is 9.10. The van der Waals surface area contributed by atoms with Crippen LogP contribution < -0.4 is 10.9 Å². The first-order valence-electron chi connectivity index (χ1n) is 8.29. The van der Waals surface area contributed by atoms with Crippen LogP contribution in [0.1, 0.15) is 16.1 Å². The molecule has 1 N–H and O–H groups in total. The Balaban J connectivity index is 1.59. The lowest BCUT2D eigenvalue weighted by molar-refractivity contribution is -0.384. The summed E-state index contributed by atoms with van der Waals surface area (Å²) in [6.45, 7) is -0.752. The van der Waals surface area contributed by atoms with E-state index in [2.05, 4.69) is 26.2 Å². The summed E-state index contributed by atoms with van der Waals surface area (Å²) in [6, 6.07) is 7.95. The van der Waals surface area contributed by atoms with Crippen molar-refractivity contribution in [3.05, 3.63) is 83.8 Å². The number of ether oxygens (including phenoxy) is 1. The van der Waals surface area contributed by atoms with Crippen molar-refractivity contribution in [1.29, 1.82) is 0 Å². The third kappa shape index (κ3) is 5.19. The Morgan fingerprint density at radius 3 is 2.77 bits per heavy atom. The minimum Gasteiger partial charge on any atom is -0.458 e. The van der Waals surface area contributed by atoms with E-state index in [1.807, 2.05) is 0 Å². The van der Waals surface area contributed by atoms with Crippen molar-refractivity contribution in [2.75, 3.05) is 6.54 Å². The van der Waals surface area contributed by atoms with Gasteiger partial charge in [-0.1, -0.05) is 11.6 Å². The number of hydrogen-bond acceptors (Lipinski definition) is 7. The lowest BCUT2D eigenvalue weighted by Gasteiger charge is -2.08. The van der Waals surface area contributed by atoms with Crippen molar-refractivity contribution in [2.24, 2.45) is 0 Å². The van der Waals surface area contributed by atoms with Crippen LogP contribution in [0.4, 0.5) is 5.69 Å². The van der Waals surface area contributed by atoms with E-state index in [1.165, 1.54) is 16.5 Å². The molecule has 0 atom stereocenters. The van der Waals surface area contributed by atoms with Gasteiger partial charge in [0.05, 0.1) is 10.6 Å². The summed E-state index contributed by atoms with van der Waals surface area (Å²) in [4.78, 5) is 50.5. The van der Waals surface area contributed by atoms with Gasteiger partial charge < -0.3 is 10.1 Å². The zero-order chi connectivity index (χ0) is 21.8. The molecule has 10 nitrogen and oxygen atoms in total. The summed E-state index contributed by atoms with van der Waals surface area (Å²) < 4.78 is 7.06. The number of aromatic nitrogens is 2. The van der Waals surface area contributed by atoms with E-state index in [0.717, 1.165) is 12.1 Å². The molecule has 12 heteroatoms. The van der Waals surface area contributed by atoms with E-state index in [9.17, 15) is 24.5 Å². The number of non-ortho nitro benzene ring substituents is 1. The van der Waals surface area contributed by atoms with Gasteiger partial charge in [-0.05, 0) is 34.1 Å². The zero-order valence-corrected chi connectivity index (χ0v) is 17.3. The number of fused-ring (bicyclic) bond motifs is 1. The third-order valence-corrected chi connectivity index (χ3v) is 4.49. The van der Waals surface area contributed by atoms with Crippen molar-refractivity contribution in [1.82, 2.24) is 14.7 Å². The largest absolute Gasteiger partial charge is 0.458 e. The number of carbonyl (C=O) groups excluding carboxylic acids is 2. The Bertz CT molecular complexity index is 1230. The van der Waals surface area contributed by atoms with Gasteiger partial charge in [-0.2, -0.15) is 0 Å². The molecule has 0 saturated carbocycles. The molecular weight excluding hydrogens is 484 g/mol. The van der Waals surface area contributed by atoms with E-state index >= 15 is 0 Å². The number of esters is 1. The maximum absolute atomic E-state index is 12.1. The SMILES string of the molecule is O=C(CNC(=O)c1cc(Cl)cc([N+](=O)[O-])c1)OCc1cc(=O)n2cc(Br)ccc2n1. The van der Waals surface area contributed by atoms with Crippen LogP contribution in [0.3, 0.4) is 0 Å². The second kappa shape index (κ2) is 9.01. The fraction of sp³-hybridized carbons (Fsp3) is 0.111. The number of nitro groups is 1. The van der Waals surface area contributed by atoms with E-state index in [0.29, 0.717) is 10.1 Å². The lowest BCUT2D eigenvalue weighted by atomic mass is 10.2. The quantitative estimate of drug-likeness (QED) is 0.315. The van der Waals surface area contributed by atoms with Gasteiger partial charge in [0.2, 0.25) is 0 Å². The lowest BCUT2D eigenvalue weighted by Crippen LogP contribution is -2.30. The maximum atomic E-state index is 12.1. The van der Waals surface area contributed by atoms with Crippen LogP contribution >= 0.6 is 27.5 Å². The second-order valence-corrected chi connectivity index (χ2v) is 7.31. The van der Waals surface area contributed by atoms with Crippen LogP contribution in [0.5, 0.6) is 0 Å². The van der Waals surface area contributed by atoms with Crippen LogP contribution in [-0.2, 0) is 16.1 Å². The molecule has 30 heavy (non-hydrogen) atoms. The predicted molar refractivity (Wildman–Crippen MR) is 109 cm³/mol. The summed E-state index contributed by atoms with van der Waals surface area (Å²) in [7, 11) is 0. The highest BCUT2D eigenvalue weighted by Crippen LogP contribution is 2.20. The molecule has 1 amide bonds. The van der Waals surface area contributed by atoms with Crippen molar-refractivity contribution in [3.63, 3.8) is 0 Å². The van der Waals surface area contributed by atoms with Crippen LogP contribution in [0, 0.1) is 10.1 Å². The molecule has 1 aromatic carbocycles. The Kier molecular flexibility index (Phi) is 6.43. The topological polar surface area (TPSA) is 133 Å². The number of halogens is 2. The van der Waals surface area contributed by atoms with Gasteiger partial charge in [-0.15, -0.1) is 0 Å². The van der Waals surface area contributed by atoms with Crippen LogP contribution in [-0.4, -0.2) is 32.7 Å². The Morgan fingerprint density at radius 1 is 1.27 bits per heavy atom. The van der Waals surface area contributed by atoms with E-state index in [4.69, 9.17) is 16.3 Å². The molecule has 0 radical (unpaired) electrons. The maximum Gasteiger partial charge on any atom is 0.325 e. The van der Waals surface area contributed by atoms with Crippen molar-refractivity contribution in [2.45, 2.75) is 6.61 Å². The Labute approximate surface area is 181 Å². The smallest absolute Gasteiger partial charge is 0.325 e. The monoisotopic (exact) mass is 494 g/mol. The average Bonchev–Trinajstić information content (AvgIpc) is 2.70. The number of carbonyl (C=O) groups is 2. The number of nitrogens with one attached hydrogen (secondary N) is 1. The van der Waals surface area contributed by atoms with Gasteiger partial charge in [0.15, 0.2) is 0 Å². The second-order valence-electron chi connectivity index (χ2n) is 5.96. The van der Waals surface area contributed by atoms with Crippen molar-refractivity contribution in [3.8, 4) is 0 Å². The minimum atomic E-state index is -0.780. The number of rotatable bonds is 6. The molecule has 0 saturated heterocycles. The number of pyridine rings is 1. The fourth-order valence-electron chi connectivity index (χ4n) is 2.47. The van der Waals surface area contributed by atoms with Crippen molar-refractivity contribution < 1.29 is 19.2 Å². The molecule has 2 heterocycles. The van der Waals surface area contributed by atoms with E-state index in [1.54, 1.807) is 18.3 Å². The number of amides is 1. The first-order valence-corrected chi connectivity index (χ1v) is 9.46. The molecule has 0 aliphatic rings. The van der Waals surface area contributed by atoms with Crippen LogP contribution in [0.15, 0.2) is 51.9 Å². The van der Waals surface area contributed by atoms with Gasteiger partial charge in [0.1, 0.15) is 18.8 Å². The Hall–Kier alpha value is -3.31. The van der Waals surface area contributed by atoms with Gasteiger partial charge in [-0.25, -0.2) is 4.98 Å². The van der Waals surface area contributed by atoms with Gasteiger partial charge in [0, 0.05) is 39.5 Å². The number of nitrogens with zero attached hydrogens (tertiary/aromatic N) is 3. The molecule has 0 aliphatic carbocycles. The zero-order valence-electron chi connectivity index (χ0n) is 15.0. The molecule has 3 aromatic rings. The molecule has 0 aliphatic heterocycles. The summed E-state index contributed by atoms with van der Waals surface area (Å²) in [5.74, 6) is -1.51. The molecular formula is C18H12BrClN4O6. The van der Waals surface area contributed by atoms with E-state index in [-0.39, 0.29) is 34.1 Å². The molecule has 0 unspecified atom stereocenters. The molecule has 154 valence electrons. The molecule has 0 bridgehead atoms.